The van der Waals surface area contributed by atoms with Gasteiger partial charge in [-0.25, -0.2) is 8.42 Å². The van der Waals surface area contributed by atoms with Crippen LogP contribution in [0.25, 0.3) is 0 Å². The van der Waals surface area contributed by atoms with Crippen molar-refractivity contribution in [2.75, 3.05) is 23.7 Å². The first-order valence-electron chi connectivity index (χ1n) is 9.41. The Balaban J connectivity index is 2.24. The molecule has 0 N–H and O–H groups in total. The Bertz CT molecular complexity index is 720. The molecule has 0 saturated carbocycles. The summed E-state index contributed by atoms with van der Waals surface area (Å²) in [4.78, 5) is 14.7. The molecule has 0 aliphatic carbocycles. The lowest BCUT2D eigenvalue weighted by Gasteiger charge is -2.36. The van der Waals surface area contributed by atoms with Crippen LogP contribution in [0.1, 0.15) is 58.9 Å². The van der Waals surface area contributed by atoms with Crippen molar-refractivity contribution in [1.29, 1.82) is 0 Å². The Morgan fingerprint density at radius 2 is 1.81 bits per heavy atom. The largest absolute Gasteiger partial charge is 0.338 e. The number of carbonyl (C=O) groups is 1. The van der Waals surface area contributed by atoms with Gasteiger partial charge in [-0.1, -0.05) is 39.8 Å². The van der Waals surface area contributed by atoms with Crippen molar-refractivity contribution >= 4 is 21.6 Å². The molecule has 1 amide bonds. The quantitative estimate of drug-likeness (QED) is 0.785. The number of anilines is 1. The van der Waals surface area contributed by atoms with Gasteiger partial charge < -0.3 is 4.90 Å². The van der Waals surface area contributed by atoms with Gasteiger partial charge in [0.25, 0.3) is 0 Å². The maximum atomic E-state index is 12.8. The molecule has 1 aromatic carbocycles. The molecule has 2 rings (SSSR count). The average Bonchev–Trinajstić information content (AvgIpc) is 2.57. The highest BCUT2D eigenvalue weighted by molar-refractivity contribution is 7.92. The van der Waals surface area contributed by atoms with Crippen LogP contribution in [0.5, 0.6) is 0 Å². The minimum atomic E-state index is -3.54. The molecule has 0 bridgehead atoms. The van der Waals surface area contributed by atoms with Crippen LogP contribution in [0.3, 0.4) is 0 Å². The van der Waals surface area contributed by atoms with Crippen molar-refractivity contribution in [3.63, 3.8) is 0 Å². The van der Waals surface area contributed by atoms with Crippen LogP contribution in [0.15, 0.2) is 24.3 Å². The topological polar surface area (TPSA) is 57.7 Å². The van der Waals surface area contributed by atoms with E-state index in [9.17, 15) is 13.2 Å². The van der Waals surface area contributed by atoms with Gasteiger partial charge in [0.1, 0.15) is 6.54 Å². The first-order chi connectivity index (χ1) is 12.0. The molecular weight excluding hydrogens is 348 g/mol. The van der Waals surface area contributed by atoms with Gasteiger partial charge in [-0.2, -0.15) is 0 Å². The highest BCUT2D eigenvalue weighted by Gasteiger charge is 2.29. The summed E-state index contributed by atoms with van der Waals surface area (Å²) < 4.78 is 25.9. The lowest BCUT2D eigenvalue weighted by Crippen LogP contribution is -2.48. The summed E-state index contributed by atoms with van der Waals surface area (Å²) >= 11 is 0. The van der Waals surface area contributed by atoms with Gasteiger partial charge in [-0.15, -0.1) is 0 Å². The van der Waals surface area contributed by atoms with Crippen LogP contribution >= 0.6 is 0 Å². The highest BCUT2D eigenvalue weighted by Crippen LogP contribution is 2.26. The third kappa shape index (κ3) is 5.00. The van der Waals surface area contributed by atoms with Crippen molar-refractivity contribution in [2.24, 2.45) is 0 Å². The zero-order valence-corrected chi connectivity index (χ0v) is 17.5. The average molecular weight is 381 g/mol. The summed E-state index contributed by atoms with van der Waals surface area (Å²) in [6.07, 6.45) is 5.19. The first kappa shape index (κ1) is 20.7. The Kier molecular flexibility index (Phi) is 6.37. The fourth-order valence-electron chi connectivity index (χ4n) is 3.49. The van der Waals surface area contributed by atoms with Crippen LogP contribution in [0.4, 0.5) is 5.69 Å². The van der Waals surface area contributed by atoms with E-state index in [2.05, 4.69) is 27.7 Å². The van der Waals surface area contributed by atoms with Gasteiger partial charge in [0, 0.05) is 12.6 Å². The number of carbonyl (C=O) groups excluding carboxylic acids is 1. The Labute approximate surface area is 158 Å². The monoisotopic (exact) mass is 380 g/mol. The molecule has 0 radical (unpaired) electrons. The van der Waals surface area contributed by atoms with E-state index in [-0.39, 0.29) is 23.9 Å². The van der Waals surface area contributed by atoms with E-state index in [1.165, 1.54) is 4.31 Å². The molecule has 1 fully saturated rings. The minimum absolute atomic E-state index is 0.00752. The molecule has 1 heterocycles. The molecule has 0 spiro atoms. The maximum Gasteiger partial charge on any atom is 0.243 e. The van der Waals surface area contributed by atoms with E-state index in [4.69, 9.17) is 0 Å². The third-order valence-electron chi connectivity index (χ3n) is 5.12. The summed E-state index contributed by atoms with van der Waals surface area (Å²) in [5.74, 6) is -0.109. The molecule has 1 aliphatic rings. The SMILES string of the molecule is CCC1CCCCN1C(=O)CN(c1ccc(C(C)(C)C)cc1)S(C)(=O)=O. The zero-order valence-electron chi connectivity index (χ0n) is 16.7. The summed E-state index contributed by atoms with van der Waals surface area (Å²) in [5, 5.41) is 0. The van der Waals surface area contributed by atoms with Gasteiger partial charge in [0.15, 0.2) is 0 Å². The summed E-state index contributed by atoms with van der Waals surface area (Å²) in [6, 6.07) is 7.69. The molecule has 1 unspecified atom stereocenters. The third-order valence-corrected chi connectivity index (χ3v) is 6.26. The number of likely N-dealkylation sites (tertiary alicyclic amines) is 1. The lowest BCUT2D eigenvalue weighted by molar-refractivity contribution is -0.133. The smallest absolute Gasteiger partial charge is 0.243 e. The van der Waals surface area contributed by atoms with Crippen molar-refractivity contribution in [1.82, 2.24) is 4.90 Å². The van der Waals surface area contributed by atoms with E-state index >= 15 is 0 Å². The standard InChI is InChI=1S/C20H32N2O3S/c1-6-17-9-7-8-14-21(17)19(23)15-22(26(5,24)25)18-12-10-16(11-13-18)20(2,3)4/h10-13,17H,6-9,14-15H2,1-5H3. The number of hydrogen-bond acceptors (Lipinski definition) is 3. The normalized spacial score (nSPS) is 18.7. The van der Waals surface area contributed by atoms with E-state index in [1.807, 2.05) is 17.0 Å². The Morgan fingerprint density at radius 3 is 2.31 bits per heavy atom. The fraction of sp³-hybridized carbons (Fsp3) is 0.650. The number of piperidine rings is 1. The second kappa shape index (κ2) is 7.99. The summed E-state index contributed by atoms with van der Waals surface area (Å²) in [5.41, 5.74) is 1.66. The van der Waals surface area contributed by atoms with Crippen molar-refractivity contribution in [3.05, 3.63) is 29.8 Å². The first-order valence-corrected chi connectivity index (χ1v) is 11.3. The second-order valence-corrected chi connectivity index (χ2v) is 10.1. The van der Waals surface area contributed by atoms with Crippen LogP contribution in [0, 0.1) is 0 Å². The van der Waals surface area contributed by atoms with Crippen LogP contribution in [-0.2, 0) is 20.2 Å². The van der Waals surface area contributed by atoms with Crippen molar-refractivity contribution in [2.45, 2.75) is 64.8 Å². The zero-order chi connectivity index (χ0) is 19.5. The predicted octanol–water partition coefficient (Wildman–Crippen LogP) is 3.54. The number of hydrogen-bond donors (Lipinski definition) is 0. The van der Waals surface area contributed by atoms with E-state index in [0.717, 1.165) is 44.0 Å². The molecule has 1 aliphatic heterocycles. The minimum Gasteiger partial charge on any atom is -0.338 e. The molecule has 5 nitrogen and oxygen atoms in total. The van der Waals surface area contributed by atoms with E-state index in [0.29, 0.717) is 5.69 Å². The van der Waals surface area contributed by atoms with Crippen LogP contribution in [0.2, 0.25) is 0 Å². The molecule has 26 heavy (non-hydrogen) atoms. The molecule has 1 aromatic rings. The van der Waals surface area contributed by atoms with Gasteiger partial charge in [0.2, 0.25) is 15.9 Å². The lowest BCUT2D eigenvalue weighted by atomic mass is 9.87. The molecular formula is C20H32N2O3S. The van der Waals surface area contributed by atoms with Gasteiger partial charge in [-0.3, -0.25) is 9.10 Å². The van der Waals surface area contributed by atoms with Crippen LogP contribution in [-0.4, -0.2) is 44.6 Å². The predicted molar refractivity (Wildman–Crippen MR) is 107 cm³/mol. The molecule has 146 valence electrons. The second-order valence-electron chi connectivity index (χ2n) is 8.21. The summed E-state index contributed by atoms with van der Waals surface area (Å²) in [6.45, 7) is 9.00. The molecule has 1 atom stereocenters. The number of sulfonamides is 1. The Morgan fingerprint density at radius 1 is 1.19 bits per heavy atom. The fourth-order valence-corrected chi connectivity index (χ4v) is 4.34. The molecule has 6 heteroatoms. The number of benzene rings is 1. The number of nitrogens with zero attached hydrogens (tertiary/aromatic N) is 2. The molecule has 0 aromatic heterocycles. The molecule has 1 saturated heterocycles. The maximum absolute atomic E-state index is 12.8. The van der Waals surface area contributed by atoms with Crippen molar-refractivity contribution in [3.8, 4) is 0 Å². The highest BCUT2D eigenvalue weighted by atomic mass is 32.2. The van der Waals surface area contributed by atoms with Gasteiger partial charge in [0.05, 0.1) is 11.9 Å². The van der Waals surface area contributed by atoms with E-state index < -0.39 is 10.0 Å². The van der Waals surface area contributed by atoms with Crippen LogP contribution < -0.4 is 4.31 Å². The van der Waals surface area contributed by atoms with Gasteiger partial charge in [-0.05, 0) is 48.8 Å². The van der Waals surface area contributed by atoms with Gasteiger partial charge >= 0.3 is 0 Å². The van der Waals surface area contributed by atoms with Crippen molar-refractivity contribution < 1.29 is 13.2 Å². The number of amides is 1. The number of rotatable bonds is 5. The Hall–Kier alpha value is -1.56. The van der Waals surface area contributed by atoms with E-state index in [1.54, 1.807) is 12.1 Å². The summed E-state index contributed by atoms with van der Waals surface area (Å²) in [7, 11) is -3.54.